The molecule has 1 atom stereocenters. The highest BCUT2D eigenvalue weighted by molar-refractivity contribution is 5.37. The Labute approximate surface area is 115 Å². The predicted octanol–water partition coefficient (Wildman–Crippen LogP) is 3.86. The van der Waals surface area contributed by atoms with Crippen molar-refractivity contribution in [3.05, 3.63) is 64.5 Å². The van der Waals surface area contributed by atoms with Gasteiger partial charge >= 0.3 is 0 Å². The molecule has 0 bridgehead atoms. The third kappa shape index (κ3) is 3.42. The summed E-state index contributed by atoms with van der Waals surface area (Å²) < 4.78 is 0. The largest absolute Gasteiger partial charge is 0.306 e. The third-order valence-corrected chi connectivity index (χ3v) is 3.61. The summed E-state index contributed by atoms with van der Waals surface area (Å²) in [5.41, 5.74) is 6.69. The van der Waals surface area contributed by atoms with Crippen molar-refractivity contribution in [1.82, 2.24) is 10.3 Å². The van der Waals surface area contributed by atoms with Crippen molar-refractivity contribution in [3.8, 4) is 0 Å². The van der Waals surface area contributed by atoms with Gasteiger partial charge in [-0.3, -0.25) is 4.98 Å². The highest BCUT2D eigenvalue weighted by atomic mass is 14.9. The van der Waals surface area contributed by atoms with E-state index in [-0.39, 0.29) is 0 Å². The molecular weight excluding hydrogens is 232 g/mol. The first-order valence-corrected chi connectivity index (χ1v) is 6.78. The van der Waals surface area contributed by atoms with Crippen molar-refractivity contribution in [3.63, 3.8) is 0 Å². The first-order valence-electron chi connectivity index (χ1n) is 6.78. The Morgan fingerprint density at radius 3 is 2.42 bits per heavy atom. The molecule has 0 saturated carbocycles. The standard InChI is InChI=1S/C17H22N2/c1-12-8-13(2)17(14(3)9-12)11-19-15(4)16-6-5-7-18-10-16/h5-10,15,19H,11H2,1-4H3. The number of hydrogen-bond donors (Lipinski definition) is 1. The maximum atomic E-state index is 4.17. The zero-order chi connectivity index (χ0) is 13.8. The van der Waals surface area contributed by atoms with Crippen LogP contribution in [0.4, 0.5) is 0 Å². The van der Waals surface area contributed by atoms with E-state index in [0.717, 1.165) is 6.54 Å². The molecular formula is C17H22N2. The van der Waals surface area contributed by atoms with Gasteiger partial charge in [0.05, 0.1) is 0 Å². The second-order valence-electron chi connectivity index (χ2n) is 5.27. The van der Waals surface area contributed by atoms with Crippen LogP contribution in [0.2, 0.25) is 0 Å². The monoisotopic (exact) mass is 254 g/mol. The van der Waals surface area contributed by atoms with Gasteiger partial charge in [0.1, 0.15) is 0 Å². The van der Waals surface area contributed by atoms with Crippen LogP contribution in [-0.2, 0) is 6.54 Å². The summed E-state index contributed by atoms with van der Waals surface area (Å²) >= 11 is 0. The average molecular weight is 254 g/mol. The Morgan fingerprint density at radius 2 is 1.84 bits per heavy atom. The molecule has 0 aliphatic carbocycles. The van der Waals surface area contributed by atoms with E-state index in [1.165, 1.54) is 27.8 Å². The highest BCUT2D eigenvalue weighted by Gasteiger charge is 2.08. The fourth-order valence-corrected chi connectivity index (χ4v) is 2.49. The van der Waals surface area contributed by atoms with Crippen LogP contribution >= 0.6 is 0 Å². The highest BCUT2D eigenvalue weighted by Crippen LogP contribution is 2.18. The average Bonchev–Trinajstić information content (AvgIpc) is 2.38. The predicted molar refractivity (Wildman–Crippen MR) is 80.1 cm³/mol. The first-order chi connectivity index (χ1) is 9.08. The van der Waals surface area contributed by atoms with Gasteiger partial charge in [-0.1, -0.05) is 23.8 Å². The second kappa shape index (κ2) is 5.98. The van der Waals surface area contributed by atoms with E-state index in [1.54, 1.807) is 0 Å². The van der Waals surface area contributed by atoms with Crippen LogP contribution in [0.25, 0.3) is 0 Å². The van der Waals surface area contributed by atoms with E-state index in [9.17, 15) is 0 Å². The summed E-state index contributed by atoms with van der Waals surface area (Å²) in [6.07, 6.45) is 3.73. The molecule has 1 aromatic heterocycles. The summed E-state index contributed by atoms with van der Waals surface area (Å²) in [6, 6.07) is 8.90. The van der Waals surface area contributed by atoms with Gasteiger partial charge in [0.15, 0.2) is 0 Å². The van der Waals surface area contributed by atoms with Crippen LogP contribution < -0.4 is 5.32 Å². The minimum Gasteiger partial charge on any atom is -0.306 e. The summed E-state index contributed by atoms with van der Waals surface area (Å²) in [5.74, 6) is 0. The zero-order valence-electron chi connectivity index (χ0n) is 12.2. The minimum absolute atomic E-state index is 0.314. The molecule has 0 aliphatic heterocycles. The van der Waals surface area contributed by atoms with Crippen LogP contribution in [0.1, 0.15) is 40.8 Å². The molecule has 1 aromatic carbocycles. The summed E-state index contributed by atoms with van der Waals surface area (Å²) in [5, 5.41) is 3.58. The first kappa shape index (κ1) is 13.8. The van der Waals surface area contributed by atoms with Crippen LogP contribution in [-0.4, -0.2) is 4.98 Å². The van der Waals surface area contributed by atoms with E-state index in [2.05, 4.69) is 56.2 Å². The smallest absolute Gasteiger partial charge is 0.0315 e. The molecule has 1 unspecified atom stereocenters. The number of aryl methyl sites for hydroxylation is 3. The normalized spacial score (nSPS) is 12.4. The van der Waals surface area contributed by atoms with E-state index in [1.807, 2.05) is 18.5 Å². The van der Waals surface area contributed by atoms with Crippen molar-refractivity contribution in [1.29, 1.82) is 0 Å². The second-order valence-corrected chi connectivity index (χ2v) is 5.27. The molecule has 19 heavy (non-hydrogen) atoms. The van der Waals surface area contributed by atoms with Crippen molar-refractivity contribution < 1.29 is 0 Å². The fraction of sp³-hybridized carbons (Fsp3) is 0.353. The van der Waals surface area contributed by atoms with Gasteiger partial charge in [0, 0.05) is 25.0 Å². The number of nitrogens with zero attached hydrogens (tertiary/aromatic N) is 1. The van der Waals surface area contributed by atoms with Crippen LogP contribution in [0, 0.1) is 20.8 Å². The van der Waals surface area contributed by atoms with Crippen molar-refractivity contribution >= 4 is 0 Å². The third-order valence-electron chi connectivity index (χ3n) is 3.61. The molecule has 2 heteroatoms. The Morgan fingerprint density at radius 1 is 1.16 bits per heavy atom. The molecule has 0 fully saturated rings. The maximum absolute atomic E-state index is 4.17. The van der Waals surface area contributed by atoms with Crippen LogP contribution in [0.5, 0.6) is 0 Å². The SMILES string of the molecule is Cc1cc(C)c(CNC(C)c2cccnc2)c(C)c1. The fourth-order valence-electron chi connectivity index (χ4n) is 2.49. The van der Waals surface area contributed by atoms with E-state index in [4.69, 9.17) is 0 Å². The molecule has 0 amide bonds. The topological polar surface area (TPSA) is 24.9 Å². The van der Waals surface area contributed by atoms with Crippen molar-refractivity contribution in [2.45, 2.75) is 40.3 Å². The van der Waals surface area contributed by atoms with Gasteiger partial charge in [0.25, 0.3) is 0 Å². The van der Waals surface area contributed by atoms with E-state index >= 15 is 0 Å². The number of pyridine rings is 1. The van der Waals surface area contributed by atoms with Crippen molar-refractivity contribution in [2.75, 3.05) is 0 Å². The summed E-state index contributed by atoms with van der Waals surface area (Å²) in [4.78, 5) is 4.17. The lowest BCUT2D eigenvalue weighted by atomic mass is 9.99. The lowest BCUT2D eigenvalue weighted by Crippen LogP contribution is -2.19. The lowest BCUT2D eigenvalue weighted by molar-refractivity contribution is 0.570. The van der Waals surface area contributed by atoms with Crippen LogP contribution in [0.15, 0.2) is 36.7 Å². The Hall–Kier alpha value is -1.67. The van der Waals surface area contributed by atoms with Gasteiger partial charge < -0.3 is 5.32 Å². The number of aromatic nitrogens is 1. The van der Waals surface area contributed by atoms with E-state index < -0.39 is 0 Å². The Bertz CT molecular complexity index is 523. The maximum Gasteiger partial charge on any atom is 0.0315 e. The molecule has 1 heterocycles. The van der Waals surface area contributed by atoms with E-state index in [0.29, 0.717) is 6.04 Å². The number of hydrogen-bond acceptors (Lipinski definition) is 2. The van der Waals surface area contributed by atoms with Gasteiger partial charge in [-0.15, -0.1) is 0 Å². The van der Waals surface area contributed by atoms with Gasteiger partial charge in [-0.05, 0) is 56.0 Å². The molecule has 1 N–H and O–H groups in total. The molecule has 0 saturated heterocycles. The minimum atomic E-state index is 0.314. The van der Waals surface area contributed by atoms with Crippen molar-refractivity contribution in [2.24, 2.45) is 0 Å². The number of rotatable bonds is 4. The molecule has 2 rings (SSSR count). The van der Waals surface area contributed by atoms with Gasteiger partial charge in [-0.25, -0.2) is 0 Å². The van der Waals surface area contributed by atoms with Gasteiger partial charge in [-0.2, -0.15) is 0 Å². The number of benzene rings is 1. The molecule has 2 nitrogen and oxygen atoms in total. The summed E-state index contributed by atoms with van der Waals surface area (Å²) in [7, 11) is 0. The Kier molecular flexibility index (Phi) is 4.33. The molecule has 2 aromatic rings. The van der Waals surface area contributed by atoms with Gasteiger partial charge in [0.2, 0.25) is 0 Å². The Balaban J connectivity index is 2.07. The summed E-state index contributed by atoms with van der Waals surface area (Å²) in [6.45, 7) is 9.59. The number of nitrogens with one attached hydrogen (secondary N) is 1. The molecule has 100 valence electrons. The zero-order valence-corrected chi connectivity index (χ0v) is 12.2. The molecule has 0 spiro atoms. The lowest BCUT2D eigenvalue weighted by Gasteiger charge is -2.17. The van der Waals surface area contributed by atoms with Crippen LogP contribution in [0.3, 0.4) is 0 Å². The molecule has 0 radical (unpaired) electrons. The molecule has 0 aliphatic rings. The quantitative estimate of drug-likeness (QED) is 0.896.